The van der Waals surface area contributed by atoms with Crippen molar-refractivity contribution in [3.05, 3.63) is 63.0 Å². The molecule has 2 aliphatic heterocycles. The molecule has 0 aliphatic carbocycles. The van der Waals surface area contributed by atoms with Crippen LogP contribution in [0.25, 0.3) is 0 Å². The maximum absolute atomic E-state index is 13.3. The van der Waals surface area contributed by atoms with Gasteiger partial charge in [0.25, 0.3) is 5.91 Å². The highest BCUT2D eigenvalue weighted by atomic mass is 79.9. The van der Waals surface area contributed by atoms with Crippen LogP contribution in [0.15, 0.2) is 57.5 Å². The van der Waals surface area contributed by atoms with Gasteiger partial charge in [-0.2, -0.15) is 0 Å². The molecule has 1 unspecified atom stereocenters. The molecule has 2 aliphatic rings. The summed E-state index contributed by atoms with van der Waals surface area (Å²) in [6.07, 6.45) is 3.32. The minimum Gasteiger partial charge on any atom is -0.288 e. The first-order valence-corrected chi connectivity index (χ1v) is 11.7. The first kappa shape index (κ1) is 21.5. The summed E-state index contributed by atoms with van der Waals surface area (Å²) < 4.78 is 1.92. The fourth-order valence-electron chi connectivity index (χ4n) is 3.92. The number of anilines is 1. The average molecular weight is 536 g/mol. The third-order valence-electron chi connectivity index (χ3n) is 5.51. The molecule has 0 aromatic heterocycles. The van der Waals surface area contributed by atoms with Crippen LogP contribution in [0.3, 0.4) is 0 Å². The molecule has 0 bridgehead atoms. The summed E-state index contributed by atoms with van der Waals surface area (Å²) >= 11 is 7.04. The molecular formula is C22H24Br2N4O2. The smallest absolute Gasteiger partial charge is 0.255 e. The molecule has 2 fully saturated rings. The number of carbonyl (C=O) groups is 2. The fourth-order valence-corrected chi connectivity index (χ4v) is 4.60. The Morgan fingerprint density at radius 3 is 2.40 bits per heavy atom. The second-order valence-electron chi connectivity index (χ2n) is 7.64. The van der Waals surface area contributed by atoms with E-state index in [0.717, 1.165) is 46.1 Å². The van der Waals surface area contributed by atoms with Crippen LogP contribution in [0, 0.1) is 5.92 Å². The standard InChI is InChI=1S/C22H24Br2N4O2/c23-17-8-10-18(11-9-17)28-22(30)19(21(29)25-26-12-4-1-5-13-26)15-27(28)14-16-6-2-3-7-20(16)24/h2-3,6-11,19H,1,4-5,12-15H2,(H,25,29). The molecule has 2 aromatic rings. The molecule has 0 saturated carbocycles. The Kier molecular flexibility index (Phi) is 6.87. The lowest BCUT2D eigenvalue weighted by atomic mass is 10.1. The highest BCUT2D eigenvalue weighted by Gasteiger charge is 2.43. The van der Waals surface area contributed by atoms with Crippen molar-refractivity contribution >= 4 is 49.4 Å². The highest BCUT2D eigenvalue weighted by Crippen LogP contribution is 2.30. The number of hydrogen-bond acceptors (Lipinski definition) is 4. The zero-order valence-electron chi connectivity index (χ0n) is 16.6. The minimum atomic E-state index is -0.738. The summed E-state index contributed by atoms with van der Waals surface area (Å²) in [4.78, 5) is 26.3. The third kappa shape index (κ3) is 4.77. The van der Waals surface area contributed by atoms with E-state index in [1.54, 1.807) is 5.01 Å². The van der Waals surface area contributed by atoms with Gasteiger partial charge in [0.05, 0.1) is 5.69 Å². The van der Waals surface area contributed by atoms with Crippen LogP contribution >= 0.6 is 31.9 Å². The van der Waals surface area contributed by atoms with Gasteiger partial charge >= 0.3 is 0 Å². The van der Waals surface area contributed by atoms with Crippen molar-refractivity contribution in [2.45, 2.75) is 25.8 Å². The molecule has 6 nitrogen and oxygen atoms in total. The number of nitrogens with zero attached hydrogens (tertiary/aromatic N) is 3. The fraction of sp³-hybridized carbons (Fsp3) is 0.364. The van der Waals surface area contributed by atoms with Gasteiger partial charge in [0.2, 0.25) is 5.91 Å². The number of rotatable bonds is 5. The van der Waals surface area contributed by atoms with Gasteiger partial charge in [0, 0.05) is 35.1 Å². The minimum absolute atomic E-state index is 0.195. The van der Waals surface area contributed by atoms with Crippen molar-refractivity contribution < 1.29 is 9.59 Å². The summed E-state index contributed by atoms with van der Waals surface area (Å²) in [6, 6.07) is 15.5. The molecule has 1 atom stereocenters. The Hall–Kier alpha value is -1.74. The predicted molar refractivity (Wildman–Crippen MR) is 123 cm³/mol. The Bertz CT molecular complexity index is 916. The molecule has 0 spiro atoms. The summed E-state index contributed by atoms with van der Waals surface area (Å²) in [6.45, 7) is 2.54. The number of hydrazine groups is 2. The van der Waals surface area contributed by atoms with Crippen molar-refractivity contribution in [2.75, 3.05) is 24.6 Å². The van der Waals surface area contributed by atoms with Gasteiger partial charge in [0.15, 0.2) is 0 Å². The van der Waals surface area contributed by atoms with E-state index in [1.165, 1.54) is 6.42 Å². The molecular weight excluding hydrogens is 512 g/mol. The molecule has 2 aromatic carbocycles. The molecule has 2 saturated heterocycles. The van der Waals surface area contributed by atoms with Crippen molar-refractivity contribution in [2.24, 2.45) is 5.92 Å². The summed E-state index contributed by atoms with van der Waals surface area (Å²) in [5, 5.41) is 5.54. The lowest BCUT2D eigenvalue weighted by Gasteiger charge is -2.28. The number of carbonyl (C=O) groups excluding carboxylic acids is 2. The molecule has 158 valence electrons. The van der Waals surface area contributed by atoms with E-state index in [1.807, 2.05) is 58.5 Å². The van der Waals surface area contributed by atoms with Gasteiger partial charge < -0.3 is 0 Å². The number of halogens is 2. The Labute approximate surface area is 193 Å². The van der Waals surface area contributed by atoms with Crippen LogP contribution in [-0.2, 0) is 16.1 Å². The van der Waals surface area contributed by atoms with Crippen LogP contribution in [0.1, 0.15) is 24.8 Å². The lowest BCUT2D eigenvalue weighted by molar-refractivity contribution is -0.135. The number of nitrogens with one attached hydrogen (secondary N) is 1. The molecule has 2 heterocycles. The average Bonchev–Trinajstić information content (AvgIpc) is 3.07. The van der Waals surface area contributed by atoms with Gasteiger partial charge in [-0.1, -0.05) is 56.5 Å². The number of benzene rings is 2. The second-order valence-corrected chi connectivity index (χ2v) is 9.41. The van der Waals surface area contributed by atoms with Crippen molar-refractivity contribution in [1.29, 1.82) is 0 Å². The Morgan fingerprint density at radius 1 is 1.00 bits per heavy atom. The number of piperidine rings is 1. The van der Waals surface area contributed by atoms with Crippen LogP contribution in [0.2, 0.25) is 0 Å². The quantitative estimate of drug-likeness (QED) is 0.585. The summed E-state index contributed by atoms with van der Waals surface area (Å²) in [7, 11) is 0. The monoisotopic (exact) mass is 534 g/mol. The van der Waals surface area contributed by atoms with E-state index in [-0.39, 0.29) is 11.8 Å². The van der Waals surface area contributed by atoms with Crippen LogP contribution in [0.5, 0.6) is 0 Å². The Balaban J connectivity index is 1.57. The van der Waals surface area contributed by atoms with Gasteiger partial charge in [-0.3, -0.25) is 15.0 Å². The molecule has 8 heteroatoms. The summed E-state index contributed by atoms with van der Waals surface area (Å²) in [5.41, 5.74) is 4.78. The van der Waals surface area contributed by atoms with Crippen LogP contribution in [-0.4, -0.2) is 41.5 Å². The SMILES string of the molecule is O=C(NN1CCCCC1)C1CN(Cc2ccccc2Br)N(c2ccc(Br)cc2)C1=O. The molecule has 1 N–H and O–H groups in total. The summed E-state index contributed by atoms with van der Waals surface area (Å²) in [5.74, 6) is -1.16. The maximum Gasteiger partial charge on any atom is 0.255 e. The molecule has 2 amide bonds. The van der Waals surface area contributed by atoms with Crippen molar-refractivity contribution in [3.63, 3.8) is 0 Å². The Morgan fingerprint density at radius 2 is 1.70 bits per heavy atom. The van der Waals surface area contributed by atoms with E-state index >= 15 is 0 Å². The molecule has 4 rings (SSSR count). The van der Waals surface area contributed by atoms with Crippen LogP contribution in [0.4, 0.5) is 5.69 Å². The third-order valence-corrected chi connectivity index (χ3v) is 6.81. The topological polar surface area (TPSA) is 55.9 Å². The number of hydrogen-bond donors (Lipinski definition) is 1. The predicted octanol–water partition coefficient (Wildman–Crippen LogP) is 4.11. The van der Waals surface area contributed by atoms with Crippen molar-refractivity contribution in [1.82, 2.24) is 15.4 Å². The zero-order valence-corrected chi connectivity index (χ0v) is 19.7. The van der Waals surface area contributed by atoms with E-state index in [4.69, 9.17) is 0 Å². The largest absolute Gasteiger partial charge is 0.288 e. The molecule has 0 radical (unpaired) electrons. The van der Waals surface area contributed by atoms with Gasteiger partial charge in [-0.05, 0) is 48.7 Å². The van der Waals surface area contributed by atoms with Gasteiger partial charge in [-0.25, -0.2) is 15.0 Å². The normalized spacial score (nSPS) is 20.5. The first-order chi connectivity index (χ1) is 14.5. The van der Waals surface area contributed by atoms with E-state index in [0.29, 0.717) is 13.1 Å². The second kappa shape index (κ2) is 9.60. The van der Waals surface area contributed by atoms with E-state index in [9.17, 15) is 9.59 Å². The van der Waals surface area contributed by atoms with Crippen molar-refractivity contribution in [3.8, 4) is 0 Å². The van der Waals surface area contributed by atoms with Gasteiger partial charge in [-0.15, -0.1) is 0 Å². The van der Waals surface area contributed by atoms with E-state index < -0.39 is 5.92 Å². The van der Waals surface area contributed by atoms with E-state index in [2.05, 4.69) is 37.3 Å². The van der Waals surface area contributed by atoms with Crippen LogP contribution < -0.4 is 10.4 Å². The van der Waals surface area contributed by atoms with Gasteiger partial charge in [0.1, 0.15) is 5.92 Å². The maximum atomic E-state index is 13.3. The number of amides is 2. The lowest BCUT2D eigenvalue weighted by Crippen LogP contribution is -2.49. The molecule has 30 heavy (non-hydrogen) atoms. The first-order valence-electron chi connectivity index (χ1n) is 10.2. The highest BCUT2D eigenvalue weighted by molar-refractivity contribution is 9.10. The zero-order chi connectivity index (χ0) is 21.1.